The Morgan fingerprint density at radius 1 is 1.53 bits per heavy atom. The van der Waals surface area contributed by atoms with Gasteiger partial charge in [-0.1, -0.05) is 0 Å². The summed E-state index contributed by atoms with van der Waals surface area (Å²) in [6.45, 7) is 0.198. The number of aliphatic carboxylic acids is 1. The Kier molecular flexibility index (Phi) is 2.50. The number of likely N-dealkylation sites (tertiary alicyclic amines) is 1. The van der Waals surface area contributed by atoms with Crippen LogP contribution in [0.3, 0.4) is 0 Å². The van der Waals surface area contributed by atoms with Crippen LogP contribution in [-0.4, -0.2) is 50.5 Å². The van der Waals surface area contributed by atoms with Crippen LogP contribution in [0.15, 0.2) is 11.0 Å². The number of carbonyl (C=O) groups excluding carboxylic acids is 1. The van der Waals surface area contributed by atoms with Crippen molar-refractivity contribution in [2.75, 3.05) is 13.1 Å². The van der Waals surface area contributed by atoms with E-state index in [1.54, 1.807) is 0 Å². The van der Waals surface area contributed by atoms with Gasteiger partial charge in [0, 0.05) is 19.3 Å². The molecule has 0 aliphatic carbocycles. The number of carboxylic acids is 1. The van der Waals surface area contributed by atoms with Gasteiger partial charge in [-0.2, -0.15) is 0 Å². The third kappa shape index (κ3) is 1.94. The number of carboxylic acid groups (broad SMARTS) is 1. The minimum absolute atomic E-state index is 0.0611. The third-order valence-electron chi connectivity index (χ3n) is 2.84. The number of aromatic nitrogens is 2. The average Bonchev–Trinajstić information content (AvgIpc) is 2.85. The lowest BCUT2D eigenvalue weighted by molar-refractivity contribution is -0.142. The summed E-state index contributed by atoms with van der Waals surface area (Å²) in [5, 5.41) is 8.92. The summed E-state index contributed by atoms with van der Waals surface area (Å²) in [5.74, 6) is -1.56. The first-order valence-corrected chi connectivity index (χ1v) is 5.02. The third-order valence-corrected chi connectivity index (χ3v) is 2.84. The van der Waals surface area contributed by atoms with Crippen LogP contribution in [0.2, 0.25) is 0 Å². The number of nitrogens with two attached hydrogens (primary N) is 1. The van der Waals surface area contributed by atoms with Gasteiger partial charge in [0.25, 0.3) is 5.91 Å². The van der Waals surface area contributed by atoms with Crippen molar-refractivity contribution in [3.63, 3.8) is 0 Å². The van der Waals surface area contributed by atoms with Crippen LogP contribution in [0.25, 0.3) is 0 Å². The van der Waals surface area contributed by atoms with Crippen molar-refractivity contribution in [2.24, 2.45) is 5.73 Å². The zero-order chi connectivity index (χ0) is 12.6. The van der Waals surface area contributed by atoms with Crippen LogP contribution >= 0.6 is 0 Å². The number of nitrogens with one attached hydrogen (secondary N) is 2. The number of nitrogens with zero attached hydrogens (tertiary/aromatic N) is 1. The van der Waals surface area contributed by atoms with E-state index in [2.05, 4.69) is 9.97 Å². The SMILES string of the molecule is NC1(C(=O)O)CCN(C(=O)c2c[nH]c(=O)[nH]2)C1. The van der Waals surface area contributed by atoms with E-state index in [-0.39, 0.29) is 25.2 Å². The zero-order valence-electron chi connectivity index (χ0n) is 8.90. The molecule has 0 bridgehead atoms. The minimum Gasteiger partial charge on any atom is -0.480 e. The number of hydrogen-bond donors (Lipinski definition) is 4. The van der Waals surface area contributed by atoms with E-state index in [0.717, 1.165) is 0 Å². The number of amides is 1. The van der Waals surface area contributed by atoms with Gasteiger partial charge in [0.15, 0.2) is 0 Å². The number of aromatic amines is 2. The maximum Gasteiger partial charge on any atom is 0.325 e. The van der Waals surface area contributed by atoms with Crippen molar-refractivity contribution in [3.05, 3.63) is 22.4 Å². The summed E-state index contributed by atoms with van der Waals surface area (Å²) in [6, 6.07) is 0. The molecular weight excluding hydrogens is 228 g/mol. The number of H-pyrrole nitrogens is 2. The second-order valence-corrected chi connectivity index (χ2v) is 4.09. The molecule has 1 amide bonds. The molecular formula is C9H12N4O4. The lowest BCUT2D eigenvalue weighted by Gasteiger charge is -2.19. The van der Waals surface area contributed by atoms with Crippen LogP contribution in [0.4, 0.5) is 0 Å². The molecule has 0 aromatic carbocycles. The number of hydrogen-bond acceptors (Lipinski definition) is 4. The molecule has 5 N–H and O–H groups in total. The highest BCUT2D eigenvalue weighted by molar-refractivity contribution is 5.93. The van der Waals surface area contributed by atoms with Gasteiger partial charge in [-0.15, -0.1) is 0 Å². The van der Waals surface area contributed by atoms with E-state index in [1.165, 1.54) is 11.1 Å². The Hall–Kier alpha value is -2.09. The molecule has 1 aromatic rings. The fourth-order valence-corrected chi connectivity index (χ4v) is 1.80. The first-order valence-electron chi connectivity index (χ1n) is 5.02. The quantitative estimate of drug-likeness (QED) is 0.490. The summed E-state index contributed by atoms with van der Waals surface area (Å²) in [4.78, 5) is 39.5. The summed E-state index contributed by atoms with van der Waals surface area (Å²) >= 11 is 0. The van der Waals surface area contributed by atoms with Gasteiger partial charge in [0.2, 0.25) is 0 Å². The van der Waals surface area contributed by atoms with Crippen molar-refractivity contribution < 1.29 is 14.7 Å². The van der Waals surface area contributed by atoms with Gasteiger partial charge in [0.1, 0.15) is 11.2 Å². The van der Waals surface area contributed by atoms with E-state index < -0.39 is 23.1 Å². The summed E-state index contributed by atoms with van der Waals surface area (Å²) in [7, 11) is 0. The zero-order valence-corrected chi connectivity index (χ0v) is 8.90. The smallest absolute Gasteiger partial charge is 0.325 e. The van der Waals surface area contributed by atoms with E-state index >= 15 is 0 Å². The summed E-state index contributed by atoms with van der Waals surface area (Å²) in [5.41, 5.74) is 3.86. The van der Waals surface area contributed by atoms with Crippen molar-refractivity contribution in [1.82, 2.24) is 14.9 Å². The van der Waals surface area contributed by atoms with Crippen LogP contribution in [0.5, 0.6) is 0 Å². The Morgan fingerprint density at radius 2 is 2.24 bits per heavy atom. The fourth-order valence-electron chi connectivity index (χ4n) is 1.80. The number of imidazole rings is 1. The molecule has 17 heavy (non-hydrogen) atoms. The van der Waals surface area contributed by atoms with E-state index in [4.69, 9.17) is 10.8 Å². The first-order chi connectivity index (χ1) is 7.92. The molecule has 0 radical (unpaired) electrons. The van der Waals surface area contributed by atoms with E-state index in [0.29, 0.717) is 0 Å². The highest BCUT2D eigenvalue weighted by atomic mass is 16.4. The van der Waals surface area contributed by atoms with Gasteiger partial charge in [-0.3, -0.25) is 9.59 Å². The monoisotopic (exact) mass is 240 g/mol. The lowest BCUT2D eigenvalue weighted by Crippen LogP contribution is -2.50. The highest BCUT2D eigenvalue weighted by Crippen LogP contribution is 2.20. The molecule has 0 saturated carbocycles. The van der Waals surface area contributed by atoms with Crippen LogP contribution in [-0.2, 0) is 4.79 Å². The molecule has 1 unspecified atom stereocenters. The minimum atomic E-state index is -1.40. The predicted octanol–water partition coefficient (Wildman–Crippen LogP) is -1.67. The molecule has 8 nitrogen and oxygen atoms in total. The molecule has 92 valence electrons. The second kappa shape index (κ2) is 3.74. The average molecular weight is 240 g/mol. The molecule has 2 heterocycles. The van der Waals surface area contributed by atoms with Crippen molar-refractivity contribution in [1.29, 1.82) is 0 Å². The highest BCUT2D eigenvalue weighted by Gasteiger charge is 2.43. The topological polar surface area (TPSA) is 132 Å². The Labute approximate surface area is 95.4 Å². The molecule has 1 fully saturated rings. The van der Waals surface area contributed by atoms with Gasteiger partial charge in [0.05, 0.1) is 0 Å². The molecule has 2 rings (SSSR count). The van der Waals surface area contributed by atoms with E-state index in [9.17, 15) is 14.4 Å². The Bertz CT molecular complexity index is 519. The number of carbonyl (C=O) groups is 2. The van der Waals surface area contributed by atoms with Gasteiger partial charge < -0.3 is 25.7 Å². The molecule has 1 aliphatic heterocycles. The molecule has 1 saturated heterocycles. The first kappa shape index (κ1) is 11.4. The summed E-state index contributed by atoms with van der Waals surface area (Å²) < 4.78 is 0. The van der Waals surface area contributed by atoms with Crippen molar-refractivity contribution in [2.45, 2.75) is 12.0 Å². The van der Waals surface area contributed by atoms with Crippen LogP contribution in [0, 0.1) is 0 Å². The van der Waals surface area contributed by atoms with Gasteiger partial charge in [-0.05, 0) is 6.42 Å². The Morgan fingerprint density at radius 3 is 2.71 bits per heavy atom. The van der Waals surface area contributed by atoms with Crippen LogP contribution < -0.4 is 11.4 Å². The molecule has 0 spiro atoms. The molecule has 1 atom stereocenters. The molecule has 1 aromatic heterocycles. The molecule has 1 aliphatic rings. The maximum atomic E-state index is 11.9. The predicted molar refractivity (Wildman–Crippen MR) is 56.5 cm³/mol. The van der Waals surface area contributed by atoms with Gasteiger partial charge >= 0.3 is 11.7 Å². The molecule has 8 heteroatoms. The largest absolute Gasteiger partial charge is 0.480 e. The summed E-state index contributed by atoms with van der Waals surface area (Å²) in [6.07, 6.45) is 1.45. The fraction of sp³-hybridized carbons (Fsp3) is 0.444. The lowest BCUT2D eigenvalue weighted by atomic mass is 10.0. The van der Waals surface area contributed by atoms with Crippen molar-refractivity contribution >= 4 is 11.9 Å². The normalized spacial score (nSPS) is 23.9. The number of rotatable bonds is 2. The maximum absolute atomic E-state index is 11.9. The van der Waals surface area contributed by atoms with E-state index in [1.807, 2.05) is 0 Å². The van der Waals surface area contributed by atoms with Crippen LogP contribution in [0.1, 0.15) is 16.9 Å². The van der Waals surface area contributed by atoms with Crippen molar-refractivity contribution in [3.8, 4) is 0 Å². The van der Waals surface area contributed by atoms with Gasteiger partial charge in [-0.25, -0.2) is 4.79 Å². The Balaban J connectivity index is 2.14. The second-order valence-electron chi connectivity index (χ2n) is 4.09. The standard InChI is InChI=1S/C9H12N4O4/c10-9(7(15)16)1-2-13(4-9)6(14)5-3-11-8(17)12-5/h3H,1-2,4,10H2,(H,15,16)(H2,11,12,17).